The van der Waals surface area contributed by atoms with Gasteiger partial charge in [0, 0.05) is 10.4 Å². The number of thiophene rings is 1. The van der Waals surface area contributed by atoms with Crippen LogP contribution in [0, 0.1) is 0 Å². The minimum atomic E-state index is -1.06. The molecule has 2 N–H and O–H groups in total. The summed E-state index contributed by atoms with van der Waals surface area (Å²) >= 11 is 2.97. The summed E-state index contributed by atoms with van der Waals surface area (Å²) in [6.07, 6.45) is 0. The van der Waals surface area contributed by atoms with Crippen molar-refractivity contribution in [1.29, 1.82) is 0 Å². The molecule has 2 aromatic heterocycles. The molecule has 0 spiro atoms. The van der Waals surface area contributed by atoms with Gasteiger partial charge in [-0.25, -0.2) is 4.98 Å². The van der Waals surface area contributed by atoms with Crippen molar-refractivity contribution < 1.29 is 9.90 Å². The van der Waals surface area contributed by atoms with Crippen LogP contribution >= 0.6 is 22.7 Å². The fourth-order valence-electron chi connectivity index (χ4n) is 2.02. The molecule has 1 amide bonds. The molecule has 0 bridgehead atoms. The van der Waals surface area contributed by atoms with Gasteiger partial charge in [0.25, 0.3) is 5.91 Å². The van der Waals surface area contributed by atoms with Gasteiger partial charge in [0.1, 0.15) is 5.60 Å². The van der Waals surface area contributed by atoms with Gasteiger partial charge in [-0.1, -0.05) is 6.07 Å². The van der Waals surface area contributed by atoms with Crippen LogP contribution in [0.1, 0.15) is 22.2 Å². The van der Waals surface area contributed by atoms with Crippen LogP contribution in [0.5, 0.6) is 0 Å². The van der Waals surface area contributed by atoms with E-state index < -0.39 is 5.60 Å². The number of benzene rings is 1. The van der Waals surface area contributed by atoms with Crippen molar-refractivity contribution in [3.8, 4) is 0 Å². The summed E-state index contributed by atoms with van der Waals surface area (Å²) < 4.78 is 0.979. The van der Waals surface area contributed by atoms with Crippen LogP contribution in [0.15, 0.2) is 41.2 Å². The maximum absolute atomic E-state index is 12.2. The maximum atomic E-state index is 12.2. The van der Waals surface area contributed by atoms with E-state index in [1.807, 2.05) is 29.6 Å². The van der Waals surface area contributed by atoms with Crippen molar-refractivity contribution in [2.75, 3.05) is 6.54 Å². The Morgan fingerprint density at radius 1 is 1.38 bits per heavy atom. The number of hydrogen-bond donors (Lipinski definition) is 2. The molecule has 0 unspecified atom stereocenters. The molecule has 2 heterocycles. The average molecular weight is 318 g/mol. The molecule has 1 atom stereocenters. The molecule has 0 aliphatic rings. The highest BCUT2D eigenvalue weighted by Gasteiger charge is 2.25. The third-order valence-corrected chi connectivity index (χ3v) is 5.15. The van der Waals surface area contributed by atoms with Crippen molar-refractivity contribution in [3.05, 3.63) is 51.7 Å². The smallest absolute Gasteiger partial charge is 0.251 e. The molecule has 108 valence electrons. The van der Waals surface area contributed by atoms with Crippen LogP contribution in [0.2, 0.25) is 0 Å². The monoisotopic (exact) mass is 318 g/mol. The summed E-state index contributed by atoms with van der Waals surface area (Å²) in [6, 6.07) is 9.14. The predicted octanol–water partition coefficient (Wildman–Crippen LogP) is 3.00. The van der Waals surface area contributed by atoms with E-state index in [1.54, 1.807) is 18.5 Å². The Bertz CT molecular complexity index is 763. The van der Waals surface area contributed by atoms with Crippen molar-refractivity contribution in [2.45, 2.75) is 12.5 Å². The topological polar surface area (TPSA) is 62.2 Å². The Hall–Kier alpha value is -1.76. The molecule has 0 saturated carbocycles. The van der Waals surface area contributed by atoms with Gasteiger partial charge in [-0.15, -0.1) is 22.7 Å². The lowest BCUT2D eigenvalue weighted by molar-refractivity contribution is 0.0557. The highest BCUT2D eigenvalue weighted by molar-refractivity contribution is 7.16. The molecule has 4 nitrogen and oxygen atoms in total. The quantitative estimate of drug-likeness (QED) is 0.777. The lowest BCUT2D eigenvalue weighted by atomic mass is 10.1. The van der Waals surface area contributed by atoms with E-state index in [-0.39, 0.29) is 12.5 Å². The standard InChI is InChI=1S/C15H14N2O2S2/c1-15(19,13-3-2-6-20-13)8-16-14(18)10-4-5-11-12(7-10)21-9-17-11/h2-7,9,19H,8H2,1H3,(H,16,18)/t15-/m1/s1. The number of carbonyl (C=O) groups excluding carboxylic acids is 1. The number of carbonyl (C=O) groups is 1. The van der Waals surface area contributed by atoms with Gasteiger partial charge >= 0.3 is 0 Å². The lowest BCUT2D eigenvalue weighted by Crippen LogP contribution is -2.38. The molecule has 0 radical (unpaired) electrons. The number of amides is 1. The van der Waals surface area contributed by atoms with Crippen molar-refractivity contribution in [1.82, 2.24) is 10.3 Å². The molecule has 0 fully saturated rings. The maximum Gasteiger partial charge on any atom is 0.251 e. The number of aliphatic hydroxyl groups is 1. The molecule has 6 heteroatoms. The Labute approximate surface area is 130 Å². The fourth-order valence-corrected chi connectivity index (χ4v) is 3.53. The van der Waals surface area contributed by atoms with Crippen LogP contribution in [0.3, 0.4) is 0 Å². The number of nitrogens with zero attached hydrogens (tertiary/aromatic N) is 1. The van der Waals surface area contributed by atoms with Crippen molar-refractivity contribution in [3.63, 3.8) is 0 Å². The van der Waals surface area contributed by atoms with Gasteiger partial charge in [0.05, 0.1) is 22.3 Å². The molecular weight excluding hydrogens is 304 g/mol. The van der Waals surface area contributed by atoms with Gasteiger partial charge in [0.2, 0.25) is 0 Å². The summed E-state index contributed by atoms with van der Waals surface area (Å²) in [5.74, 6) is -0.192. The Balaban J connectivity index is 1.71. The first-order chi connectivity index (χ1) is 10.1. The molecular formula is C15H14N2O2S2. The van der Waals surface area contributed by atoms with Crippen LogP contribution in [0.25, 0.3) is 10.2 Å². The lowest BCUT2D eigenvalue weighted by Gasteiger charge is -2.22. The second-order valence-electron chi connectivity index (χ2n) is 4.97. The van der Waals surface area contributed by atoms with Gasteiger partial charge in [-0.2, -0.15) is 0 Å². The summed E-state index contributed by atoms with van der Waals surface area (Å²) in [7, 11) is 0. The molecule has 1 aromatic carbocycles. The van der Waals surface area contributed by atoms with Crippen LogP contribution in [0.4, 0.5) is 0 Å². The molecule has 0 saturated heterocycles. The van der Waals surface area contributed by atoms with Crippen LogP contribution in [-0.2, 0) is 5.60 Å². The Morgan fingerprint density at radius 2 is 2.24 bits per heavy atom. The van der Waals surface area contributed by atoms with E-state index in [0.29, 0.717) is 5.56 Å². The summed E-state index contributed by atoms with van der Waals surface area (Å²) in [5.41, 5.74) is 2.17. The molecule has 3 aromatic rings. The Morgan fingerprint density at radius 3 is 3.00 bits per heavy atom. The van der Waals surface area contributed by atoms with Crippen LogP contribution < -0.4 is 5.32 Å². The largest absolute Gasteiger partial charge is 0.383 e. The van der Waals surface area contributed by atoms with Gasteiger partial charge < -0.3 is 10.4 Å². The highest BCUT2D eigenvalue weighted by atomic mass is 32.1. The summed E-state index contributed by atoms with van der Waals surface area (Å²) in [6.45, 7) is 1.87. The number of aromatic nitrogens is 1. The first-order valence-corrected chi connectivity index (χ1v) is 8.20. The van der Waals surface area contributed by atoms with E-state index in [1.165, 1.54) is 22.7 Å². The van der Waals surface area contributed by atoms with Gasteiger partial charge in [-0.05, 0) is 36.6 Å². The third kappa shape index (κ3) is 2.97. The van der Waals surface area contributed by atoms with E-state index in [0.717, 1.165) is 15.1 Å². The molecule has 21 heavy (non-hydrogen) atoms. The van der Waals surface area contributed by atoms with Gasteiger partial charge in [0.15, 0.2) is 0 Å². The number of rotatable bonds is 4. The normalized spacial score (nSPS) is 14.0. The number of nitrogens with one attached hydrogen (secondary N) is 1. The first-order valence-electron chi connectivity index (χ1n) is 6.44. The van der Waals surface area contributed by atoms with Crippen molar-refractivity contribution in [2.24, 2.45) is 0 Å². The zero-order chi connectivity index (χ0) is 14.9. The Kier molecular flexibility index (Phi) is 3.75. The molecule has 3 rings (SSSR count). The average Bonchev–Trinajstić information content (AvgIpc) is 3.14. The number of hydrogen-bond acceptors (Lipinski definition) is 5. The highest BCUT2D eigenvalue weighted by Crippen LogP contribution is 2.24. The summed E-state index contributed by atoms with van der Waals surface area (Å²) in [4.78, 5) is 17.2. The number of thiazole rings is 1. The third-order valence-electron chi connectivity index (χ3n) is 3.24. The van der Waals surface area contributed by atoms with E-state index >= 15 is 0 Å². The predicted molar refractivity (Wildman–Crippen MR) is 85.8 cm³/mol. The van der Waals surface area contributed by atoms with E-state index in [2.05, 4.69) is 10.3 Å². The minimum Gasteiger partial charge on any atom is -0.383 e. The SMILES string of the molecule is C[C@@](O)(CNC(=O)c1ccc2ncsc2c1)c1cccs1. The minimum absolute atomic E-state index is 0.174. The molecule has 0 aliphatic carbocycles. The second-order valence-corrected chi connectivity index (χ2v) is 6.80. The van der Waals surface area contributed by atoms with Crippen LogP contribution in [-0.4, -0.2) is 22.5 Å². The first kappa shape index (κ1) is 14.2. The van der Waals surface area contributed by atoms with Crippen molar-refractivity contribution >= 4 is 38.8 Å². The van der Waals surface area contributed by atoms with E-state index in [9.17, 15) is 9.90 Å². The zero-order valence-electron chi connectivity index (χ0n) is 11.4. The van der Waals surface area contributed by atoms with E-state index in [4.69, 9.17) is 0 Å². The zero-order valence-corrected chi connectivity index (χ0v) is 13.0. The number of fused-ring (bicyclic) bond motifs is 1. The fraction of sp³-hybridized carbons (Fsp3) is 0.200. The second kappa shape index (κ2) is 5.55. The summed E-state index contributed by atoms with van der Waals surface area (Å²) in [5, 5.41) is 15.1. The molecule has 0 aliphatic heterocycles. The van der Waals surface area contributed by atoms with Gasteiger partial charge in [-0.3, -0.25) is 4.79 Å².